The maximum atomic E-state index is 6.03. The minimum Gasteiger partial charge on any atom is -0.495 e. The number of nitrogens with one attached hydrogen (secondary N) is 1. The number of aliphatic imine (C=N–C) groups is 1. The number of nitrogens with zero attached hydrogens (tertiary/aromatic N) is 1. The number of anilines is 1. The van der Waals surface area contributed by atoms with Gasteiger partial charge < -0.3 is 20.2 Å². The van der Waals surface area contributed by atoms with Crippen LogP contribution in [-0.4, -0.2) is 19.6 Å². The van der Waals surface area contributed by atoms with Crippen molar-refractivity contribution >= 4 is 23.2 Å². The molecule has 0 amide bonds. The third-order valence-corrected chi connectivity index (χ3v) is 2.94. The Bertz CT molecular complexity index is 582. The molecule has 0 aliphatic rings. The van der Waals surface area contributed by atoms with Crippen LogP contribution in [0, 0.1) is 0 Å². The largest absolute Gasteiger partial charge is 0.495 e. The number of halogens is 1. The van der Waals surface area contributed by atoms with Crippen LogP contribution in [0.4, 0.5) is 5.69 Å². The molecule has 1 aromatic carbocycles. The van der Waals surface area contributed by atoms with Gasteiger partial charge in [-0.15, -0.1) is 0 Å². The lowest BCUT2D eigenvalue weighted by Crippen LogP contribution is -2.23. The van der Waals surface area contributed by atoms with E-state index in [0.717, 1.165) is 11.4 Å². The molecule has 0 saturated carbocycles. The maximum Gasteiger partial charge on any atom is 0.193 e. The second-order valence-electron chi connectivity index (χ2n) is 4.07. The van der Waals surface area contributed by atoms with E-state index in [1.54, 1.807) is 25.5 Å². The van der Waals surface area contributed by atoms with Crippen LogP contribution in [0.1, 0.15) is 5.76 Å². The summed E-state index contributed by atoms with van der Waals surface area (Å²) >= 11 is 6.03. The van der Waals surface area contributed by atoms with Gasteiger partial charge in [0.1, 0.15) is 11.5 Å². The van der Waals surface area contributed by atoms with Crippen molar-refractivity contribution in [3.8, 4) is 5.75 Å². The van der Waals surface area contributed by atoms with Crippen LogP contribution in [0.25, 0.3) is 0 Å². The lowest BCUT2D eigenvalue weighted by atomic mass is 10.3. The van der Waals surface area contributed by atoms with E-state index in [-0.39, 0.29) is 0 Å². The van der Waals surface area contributed by atoms with Gasteiger partial charge in [0.05, 0.1) is 18.4 Å². The van der Waals surface area contributed by atoms with E-state index in [2.05, 4.69) is 10.3 Å². The smallest absolute Gasteiger partial charge is 0.193 e. The molecule has 1 aromatic heterocycles. The Morgan fingerprint density at radius 2 is 2.30 bits per heavy atom. The summed E-state index contributed by atoms with van der Waals surface area (Å²) < 4.78 is 10.3. The normalized spacial score (nSPS) is 11.4. The Kier molecular flexibility index (Phi) is 4.90. The highest BCUT2D eigenvalue weighted by atomic mass is 35.5. The van der Waals surface area contributed by atoms with Crippen molar-refractivity contribution in [1.82, 2.24) is 0 Å². The average molecular weight is 294 g/mol. The van der Waals surface area contributed by atoms with E-state index in [1.807, 2.05) is 18.2 Å². The van der Waals surface area contributed by atoms with Crippen molar-refractivity contribution < 1.29 is 9.15 Å². The zero-order valence-electron chi connectivity index (χ0n) is 11.1. The van der Waals surface area contributed by atoms with Gasteiger partial charge in [0, 0.05) is 18.7 Å². The number of rotatable bonds is 5. The average Bonchev–Trinajstić information content (AvgIpc) is 2.92. The van der Waals surface area contributed by atoms with Gasteiger partial charge in [-0.3, -0.25) is 4.99 Å². The van der Waals surface area contributed by atoms with Crippen molar-refractivity contribution in [2.45, 2.75) is 6.42 Å². The molecule has 2 rings (SSSR count). The van der Waals surface area contributed by atoms with E-state index in [0.29, 0.717) is 29.7 Å². The molecule has 6 heteroatoms. The molecule has 0 atom stereocenters. The van der Waals surface area contributed by atoms with Gasteiger partial charge in [-0.05, 0) is 30.3 Å². The van der Waals surface area contributed by atoms with Crippen molar-refractivity contribution in [3.63, 3.8) is 0 Å². The van der Waals surface area contributed by atoms with Crippen molar-refractivity contribution in [2.75, 3.05) is 19.0 Å². The number of methoxy groups -OCH3 is 1. The van der Waals surface area contributed by atoms with E-state index >= 15 is 0 Å². The molecule has 0 spiro atoms. The first-order valence-electron chi connectivity index (χ1n) is 6.12. The molecule has 0 unspecified atom stereocenters. The van der Waals surface area contributed by atoms with Gasteiger partial charge >= 0.3 is 0 Å². The number of hydrogen-bond acceptors (Lipinski definition) is 3. The number of hydrogen-bond donors (Lipinski definition) is 2. The Hall–Kier alpha value is -2.14. The maximum absolute atomic E-state index is 6.03. The second kappa shape index (κ2) is 6.86. The quantitative estimate of drug-likeness (QED) is 0.657. The van der Waals surface area contributed by atoms with E-state index < -0.39 is 0 Å². The topological polar surface area (TPSA) is 72.8 Å². The SMILES string of the molecule is COc1ccc(NC(N)=NCCc2ccco2)cc1Cl. The highest BCUT2D eigenvalue weighted by molar-refractivity contribution is 6.32. The highest BCUT2D eigenvalue weighted by Gasteiger charge is 2.02. The second-order valence-corrected chi connectivity index (χ2v) is 4.48. The van der Waals surface area contributed by atoms with Crippen LogP contribution < -0.4 is 15.8 Å². The summed E-state index contributed by atoms with van der Waals surface area (Å²) in [5.74, 6) is 1.83. The van der Waals surface area contributed by atoms with Gasteiger partial charge in [-0.1, -0.05) is 11.6 Å². The zero-order valence-corrected chi connectivity index (χ0v) is 11.9. The third kappa shape index (κ3) is 3.93. The first-order valence-corrected chi connectivity index (χ1v) is 6.49. The van der Waals surface area contributed by atoms with Gasteiger partial charge in [0.2, 0.25) is 0 Å². The molecule has 0 saturated heterocycles. The molecule has 5 nitrogen and oxygen atoms in total. The Morgan fingerprint density at radius 3 is 2.95 bits per heavy atom. The van der Waals surface area contributed by atoms with Crippen LogP contribution in [0.3, 0.4) is 0 Å². The van der Waals surface area contributed by atoms with Gasteiger partial charge in [0.15, 0.2) is 5.96 Å². The molecule has 106 valence electrons. The molecule has 0 radical (unpaired) electrons. The summed E-state index contributed by atoms with van der Waals surface area (Å²) in [5.41, 5.74) is 6.56. The summed E-state index contributed by atoms with van der Waals surface area (Å²) in [7, 11) is 1.57. The van der Waals surface area contributed by atoms with Crippen molar-refractivity contribution in [1.29, 1.82) is 0 Å². The van der Waals surface area contributed by atoms with Crippen molar-refractivity contribution in [3.05, 3.63) is 47.4 Å². The third-order valence-electron chi connectivity index (χ3n) is 2.64. The lowest BCUT2D eigenvalue weighted by molar-refractivity contribution is 0.415. The molecule has 20 heavy (non-hydrogen) atoms. The van der Waals surface area contributed by atoms with Crippen LogP contribution in [0.5, 0.6) is 5.75 Å². The predicted molar refractivity (Wildman–Crippen MR) is 80.5 cm³/mol. The fraction of sp³-hybridized carbons (Fsp3) is 0.214. The molecule has 0 aliphatic carbocycles. The van der Waals surface area contributed by atoms with Crippen molar-refractivity contribution in [2.24, 2.45) is 10.7 Å². The number of nitrogens with two attached hydrogens (primary N) is 1. The minimum absolute atomic E-state index is 0.331. The standard InChI is InChI=1S/C14H16ClN3O2/c1-19-13-5-4-10(9-12(13)15)18-14(16)17-7-6-11-3-2-8-20-11/h2-5,8-9H,6-7H2,1H3,(H3,16,17,18). The fourth-order valence-corrected chi connectivity index (χ4v) is 1.93. The predicted octanol–water partition coefficient (Wildman–Crippen LogP) is 2.91. The van der Waals surface area contributed by atoms with Crippen LogP contribution in [0.2, 0.25) is 5.02 Å². The summed E-state index contributed by atoms with van der Waals surface area (Å²) in [6.45, 7) is 0.552. The fourth-order valence-electron chi connectivity index (χ4n) is 1.67. The molecule has 2 aromatic rings. The summed E-state index contributed by atoms with van der Waals surface area (Å²) in [4.78, 5) is 4.22. The Labute approximate surface area is 122 Å². The zero-order chi connectivity index (χ0) is 14.4. The number of ether oxygens (including phenoxy) is 1. The van der Waals surface area contributed by atoms with Crippen LogP contribution >= 0.6 is 11.6 Å². The van der Waals surface area contributed by atoms with E-state index in [1.165, 1.54) is 0 Å². The molecule has 0 fully saturated rings. The summed E-state index contributed by atoms with van der Waals surface area (Å²) in [6, 6.07) is 9.07. The van der Waals surface area contributed by atoms with Gasteiger partial charge in [-0.25, -0.2) is 0 Å². The monoisotopic (exact) mass is 293 g/mol. The lowest BCUT2D eigenvalue weighted by Gasteiger charge is -2.08. The summed E-state index contributed by atoms with van der Waals surface area (Å²) in [6.07, 6.45) is 2.35. The van der Waals surface area contributed by atoms with E-state index in [4.69, 9.17) is 26.5 Å². The van der Waals surface area contributed by atoms with Gasteiger partial charge in [0.25, 0.3) is 0 Å². The first-order chi connectivity index (χ1) is 9.69. The highest BCUT2D eigenvalue weighted by Crippen LogP contribution is 2.26. The number of guanidine groups is 1. The number of benzene rings is 1. The Balaban J connectivity index is 1.90. The minimum atomic E-state index is 0.331. The molecule has 0 bridgehead atoms. The molecule has 1 heterocycles. The summed E-state index contributed by atoms with van der Waals surface area (Å²) in [5, 5.41) is 3.49. The number of furan rings is 1. The molecule has 0 aliphatic heterocycles. The van der Waals surface area contributed by atoms with Crippen LogP contribution in [0.15, 0.2) is 46.0 Å². The van der Waals surface area contributed by atoms with Gasteiger partial charge in [-0.2, -0.15) is 0 Å². The first kappa shape index (κ1) is 14.3. The van der Waals surface area contributed by atoms with E-state index in [9.17, 15) is 0 Å². The Morgan fingerprint density at radius 1 is 1.45 bits per heavy atom. The molecule has 3 N–H and O–H groups in total. The van der Waals surface area contributed by atoms with Crippen LogP contribution in [-0.2, 0) is 6.42 Å². The molecular formula is C14H16ClN3O2. The molecular weight excluding hydrogens is 278 g/mol.